The Balaban J connectivity index is 2.52. The first kappa shape index (κ1) is 13.2. The normalized spacial score (nSPS) is 14.4. The molecule has 0 heterocycles. The lowest BCUT2D eigenvalue weighted by Gasteiger charge is -2.16. The van der Waals surface area contributed by atoms with E-state index in [1.54, 1.807) is 6.92 Å². The summed E-state index contributed by atoms with van der Waals surface area (Å²) in [7, 11) is 0. The average molecular weight is 286 g/mol. The molecule has 2 atom stereocenters. The predicted octanol–water partition coefficient (Wildman–Crippen LogP) is 2.82. The van der Waals surface area contributed by atoms with Crippen molar-refractivity contribution in [3.63, 3.8) is 0 Å². The van der Waals surface area contributed by atoms with Gasteiger partial charge in [-0.2, -0.15) is 0 Å². The third-order valence-corrected chi connectivity index (χ3v) is 2.99. The molecule has 0 amide bonds. The predicted molar refractivity (Wildman–Crippen MR) is 67.4 cm³/mol. The minimum absolute atomic E-state index is 0.152. The highest BCUT2D eigenvalue weighted by Crippen LogP contribution is 2.17. The number of benzene rings is 1. The van der Waals surface area contributed by atoms with Gasteiger partial charge >= 0.3 is 5.97 Å². The molecule has 88 valence electrons. The van der Waals surface area contributed by atoms with E-state index < -0.39 is 5.97 Å². The molecule has 0 spiro atoms. The molecule has 1 aromatic carbocycles. The zero-order valence-electron chi connectivity index (χ0n) is 9.40. The van der Waals surface area contributed by atoms with Crippen molar-refractivity contribution >= 4 is 21.9 Å². The molecule has 16 heavy (non-hydrogen) atoms. The summed E-state index contributed by atoms with van der Waals surface area (Å²) in [5.41, 5.74) is 1.15. The van der Waals surface area contributed by atoms with Crippen molar-refractivity contribution in [1.29, 1.82) is 0 Å². The van der Waals surface area contributed by atoms with Crippen LogP contribution in [0.2, 0.25) is 0 Å². The number of carboxylic acids is 1. The zero-order valence-corrected chi connectivity index (χ0v) is 11.0. The Labute approximate surface area is 104 Å². The lowest BCUT2D eigenvalue weighted by molar-refractivity contribution is -0.140. The Kier molecular flexibility index (Phi) is 4.96. The van der Waals surface area contributed by atoms with E-state index in [1.807, 2.05) is 31.2 Å². The van der Waals surface area contributed by atoms with Crippen LogP contribution in [0.15, 0.2) is 28.7 Å². The molecule has 1 rings (SSSR count). The van der Waals surface area contributed by atoms with Crippen LogP contribution in [-0.2, 0) is 4.79 Å². The minimum atomic E-state index is -0.769. The highest BCUT2D eigenvalue weighted by Gasteiger charge is 2.12. The number of hydrogen-bond acceptors (Lipinski definition) is 2. The van der Waals surface area contributed by atoms with Gasteiger partial charge in [0.2, 0.25) is 0 Å². The maximum absolute atomic E-state index is 10.7. The summed E-state index contributed by atoms with van der Waals surface area (Å²) in [6, 6.07) is 8.14. The Morgan fingerprint density at radius 2 is 2.19 bits per heavy atom. The molecule has 0 radical (unpaired) electrons. The lowest BCUT2D eigenvalue weighted by Crippen LogP contribution is -2.28. The van der Waals surface area contributed by atoms with E-state index in [0.717, 1.165) is 10.0 Å². The second-order valence-electron chi connectivity index (χ2n) is 3.92. The number of carboxylic acid groups (broad SMARTS) is 1. The van der Waals surface area contributed by atoms with Crippen molar-refractivity contribution in [2.75, 3.05) is 6.54 Å². The van der Waals surface area contributed by atoms with Gasteiger partial charge in [-0.1, -0.05) is 35.0 Å². The fourth-order valence-corrected chi connectivity index (χ4v) is 1.75. The molecule has 0 aromatic heterocycles. The zero-order chi connectivity index (χ0) is 12.1. The topological polar surface area (TPSA) is 49.3 Å². The largest absolute Gasteiger partial charge is 0.481 e. The van der Waals surface area contributed by atoms with Crippen LogP contribution in [0.1, 0.15) is 25.5 Å². The van der Waals surface area contributed by atoms with Crippen molar-refractivity contribution in [2.45, 2.75) is 19.9 Å². The van der Waals surface area contributed by atoms with Crippen LogP contribution in [0.4, 0.5) is 0 Å². The Morgan fingerprint density at radius 1 is 1.50 bits per heavy atom. The van der Waals surface area contributed by atoms with E-state index in [1.165, 1.54) is 0 Å². The number of nitrogens with one attached hydrogen (secondary N) is 1. The standard InChI is InChI=1S/C12H16BrNO2/c1-8(12(15)16)7-14-9(2)10-4-3-5-11(13)6-10/h3-6,8-9,14H,7H2,1-2H3,(H,15,16)/t8?,9-/m1/s1. The Morgan fingerprint density at radius 3 is 2.75 bits per heavy atom. The van der Waals surface area contributed by atoms with Crippen LogP contribution in [0.3, 0.4) is 0 Å². The minimum Gasteiger partial charge on any atom is -0.481 e. The van der Waals surface area contributed by atoms with E-state index in [2.05, 4.69) is 21.2 Å². The number of rotatable bonds is 5. The molecule has 0 aliphatic carbocycles. The molecule has 3 nitrogen and oxygen atoms in total. The molecule has 0 fully saturated rings. The average Bonchev–Trinajstić information content (AvgIpc) is 2.25. The van der Waals surface area contributed by atoms with Crippen LogP contribution in [0.5, 0.6) is 0 Å². The summed E-state index contributed by atoms with van der Waals surface area (Å²) >= 11 is 3.41. The fourth-order valence-electron chi connectivity index (χ4n) is 1.33. The molecule has 2 N–H and O–H groups in total. The molecule has 1 aromatic rings. The van der Waals surface area contributed by atoms with Crippen molar-refractivity contribution in [3.05, 3.63) is 34.3 Å². The van der Waals surface area contributed by atoms with Gasteiger partial charge < -0.3 is 10.4 Å². The van der Waals surface area contributed by atoms with E-state index in [-0.39, 0.29) is 12.0 Å². The maximum Gasteiger partial charge on any atom is 0.307 e. The molecular formula is C12H16BrNO2. The van der Waals surface area contributed by atoms with Gasteiger partial charge in [-0.3, -0.25) is 4.79 Å². The van der Waals surface area contributed by atoms with Gasteiger partial charge in [-0.05, 0) is 24.6 Å². The van der Waals surface area contributed by atoms with E-state index >= 15 is 0 Å². The summed E-state index contributed by atoms with van der Waals surface area (Å²) in [5, 5.41) is 12.0. The van der Waals surface area contributed by atoms with Crippen molar-refractivity contribution in [1.82, 2.24) is 5.32 Å². The van der Waals surface area contributed by atoms with Crippen LogP contribution in [-0.4, -0.2) is 17.6 Å². The fraction of sp³-hybridized carbons (Fsp3) is 0.417. The second kappa shape index (κ2) is 6.01. The van der Waals surface area contributed by atoms with Gasteiger partial charge in [0.25, 0.3) is 0 Å². The first-order valence-corrected chi connectivity index (χ1v) is 6.01. The number of carbonyl (C=O) groups is 1. The molecule has 0 saturated heterocycles. The number of halogens is 1. The summed E-state index contributed by atoms with van der Waals surface area (Å²) in [6.45, 7) is 4.20. The highest BCUT2D eigenvalue weighted by atomic mass is 79.9. The molecular weight excluding hydrogens is 270 g/mol. The monoisotopic (exact) mass is 285 g/mol. The van der Waals surface area contributed by atoms with Crippen molar-refractivity contribution in [2.24, 2.45) is 5.92 Å². The Hall–Kier alpha value is -0.870. The maximum atomic E-state index is 10.7. The molecule has 0 aliphatic heterocycles. The van der Waals surface area contributed by atoms with E-state index in [9.17, 15) is 4.79 Å². The van der Waals surface area contributed by atoms with Gasteiger partial charge in [0.05, 0.1) is 5.92 Å². The third kappa shape index (κ3) is 3.94. The lowest BCUT2D eigenvalue weighted by atomic mass is 10.1. The van der Waals surface area contributed by atoms with Crippen LogP contribution < -0.4 is 5.32 Å². The van der Waals surface area contributed by atoms with E-state index in [0.29, 0.717) is 6.54 Å². The number of hydrogen-bond donors (Lipinski definition) is 2. The number of aliphatic carboxylic acids is 1. The molecule has 4 heteroatoms. The van der Waals surface area contributed by atoms with Crippen molar-refractivity contribution in [3.8, 4) is 0 Å². The molecule has 0 bridgehead atoms. The second-order valence-corrected chi connectivity index (χ2v) is 4.84. The smallest absolute Gasteiger partial charge is 0.307 e. The quantitative estimate of drug-likeness (QED) is 0.875. The summed E-state index contributed by atoms with van der Waals surface area (Å²) in [5.74, 6) is -1.14. The van der Waals surface area contributed by atoms with Crippen LogP contribution in [0.25, 0.3) is 0 Å². The summed E-state index contributed by atoms with van der Waals surface area (Å²) in [4.78, 5) is 10.7. The summed E-state index contributed by atoms with van der Waals surface area (Å²) < 4.78 is 1.03. The highest BCUT2D eigenvalue weighted by molar-refractivity contribution is 9.10. The van der Waals surface area contributed by atoms with E-state index in [4.69, 9.17) is 5.11 Å². The summed E-state index contributed by atoms with van der Waals surface area (Å²) in [6.07, 6.45) is 0. The van der Waals surface area contributed by atoms with Gasteiger partial charge in [-0.25, -0.2) is 0 Å². The van der Waals surface area contributed by atoms with Crippen LogP contribution in [0, 0.1) is 5.92 Å². The van der Waals surface area contributed by atoms with Gasteiger partial charge in [0, 0.05) is 17.1 Å². The van der Waals surface area contributed by atoms with Crippen LogP contribution >= 0.6 is 15.9 Å². The van der Waals surface area contributed by atoms with Gasteiger partial charge in [0.15, 0.2) is 0 Å². The Bertz CT molecular complexity index is 368. The first-order chi connectivity index (χ1) is 7.50. The first-order valence-electron chi connectivity index (χ1n) is 5.22. The SMILES string of the molecule is CC(CN[C@H](C)c1cccc(Br)c1)C(=O)O. The van der Waals surface area contributed by atoms with Crippen molar-refractivity contribution < 1.29 is 9.90 Å². The third-order valence-electron chi connectivity index (χ3n) is 2.50. The molecule has 0 aliphatic rings. The van der Waals surface area contributed by atoms with Gasteiger partial charge in [0.1, 0.15) is 0 Å². The molecule has 0 saturated carbocycles. The molecule has 1 unspecified atom stereocenters. The van der Waals surface area contributed by atoms with Gasteiger partial charge in [-0.15, -0.1) is 0 Å².